The number of nitrogens with one attached hydrogen (secondary N) is 2. The second-order valence-electron chi connectivity index (χ2n) is 7.04. The van der Waals surface area contributed by atoms with Crippen LogP contribution in [0.15, 0.2) is 53.7 Å². The summed E-state index contributed by atoms with van der Waals surface area (Å²) in [7, 11) is 0. The monoisotopic (exact) mass is 427 g/mol. The van der Waals surface area contributed by atoms with Gasteiger partial charge < -0.3 is 10.7 Å². The third kappa shape index (κ3) is 4.26. The molecule has 0 spiro atoms. The van der Waals surface area contributed by atoms with Crippen LogP contribution in [0.3, 0.4) is 0 Å². The molecule has 0 aliphatic carbocycles. The lowest BCUT2D eigenvalue weighted by atomic mass is 10.0. The van der Waals surface area contributed by atoms with Gasteiger partial charge in [-0.25, -0.2) is 4.68 Å². The number of anilines is 1. The van der Waals surface area contributed by atoms with E-state index in [-0.39, 0.29) is 11.9 Å². The summed E-state index contributed by atoms with van der Waals surface area (Å²) in [6.07, 6.45) is 1.79. The Labute approximate surface area is 179 Å². The van der Waals surface area contributed by atoms with E-state index in [1.807, 2.05) is 23.7 Å². The summed E-state index contributed by atoms with van der Waals surface area (Å²) in [5.41, 5.74) is 6.36. The van der Waals surface area contributed by atoms with Gasteiger partial charge in [-0.1, -0.05) is 66.2 Å². The van der Waals surface area contributed by atoms with Crippen LogP contribution in [-0.2, 0) is 11.2 Å². The quantitative estimate of drug-likeness (QED) is 0.623. The maximum atomic E-state index is 13.2. The van der Waals surface area contributed by atoms with Crippen molar-refractivity contribution >= 4 is 35.0 Å². The molecule has 0 unspecified atom stereocenters. The fourth-order valence-corrected chi connectivity index (χ4v) is 4.58. The molecule has 150 valence electrons. The molecule has 2 aromatic carbocycles. The van der Waals surface area contributed by atoms with Crippen LogP contribution in [-0.4, -0.2) is 26.0 Å². The summed E-state index contributed by atoms with van der Waals surface area (Å²) in [5.74, 6) is 0.766. The van der Waals surface area contributed by atoms with Crippen LogP contribution < -0.4 is 10.7 Å². The van der Waals surface area contributed by atoms with Crippen molar-refractivity contribution in [2.45, 2.75) is 43.1 Å². The first kappa shape index (κ1) is 19.8. The number of carbonyl (C=O) groups is 1. The van der Waals surface area contributed by atoms with Crippen molar-refractivity contribution in [3.8, 4) is 0 Å². The Balaban J connectivity index is 1.66. The zero-order chi connectivity index (χ0) is 20.4. The molecule has 2 N–H and O–H groups in total. The second-order valence-corrected chi connectivity index (χ2v) is 8.58. The lowest BCUT2D eigenvalue weighted by Crippen LogP contribution is -2.41. The predicted octanol–water partition coefficient (Wildman–Crippen LogP) is 4.59. The molecule has 1 aromatic heterocycles. The van der Waals surface area contributed by atoms with Gasteiger partial charge in [-0.05, 0) is 37.1 Å². The zero-order valence-corrected chi connectivity index (χ0v) is 17.8. The van der Waals surface area contributed by atoms with E-state index in [1.54, 1.807) is 12.1 Å². The number of hydrogen-bond donors (Lipinski definition) is 2. The summed E-state index contributed by atoms with van der Waals surface area (Å²) in [6.45, 7) is 4.16. The molecule has 0 bridgehead atoms. The van der Waals surface area contributed by atoms with E-state index in [0.717, 1.165) is 24.2 Å². The van der Waals surface area contributed by atoms with E-state index < -0.39 is 5.25 Å². The normalized spacial score (nSPS) is 18.0. The van der Waals surface area contributed by atoms with Crippen LogP contribution in [0.4, 0.5) is 5.69 Å². The maximum Gasteiger partial charge on any atom is 0.240 e. The Morgan fingerprint density at radius 2 is 2.03 bits per heavy atom. The minimum atomic E-state index is -0.414. The number of fused-ring (bicyclic) bond motifs is 1. The zero-order valence-electron chi connectivity index (χ0n) is 16.2. The molecule has 2 atom stereocenters. The van der Waals surface area contributed by atoms with Crippen molar-refractivity contribution < 1.29 is 4.79 Å². The van der Waals surface area contributed by atoms with Gasteiger partial charge in [0.2, 0.25) is 11.1 Å². The van der Waals surface area contributed by atoms with Gasteiger partial charge in [-0.3, -0.25) is 4.79 Å². The molecule has 4 rings (SSSR count). The van der Waals surface area contributed by atoms with Gasteiger partial charge in [-0.2, -0.15) is 0 Å². The van der Waals surface area contributed by atoms with Gasteiger partial charge in [0.1, 0.15) is 5.25 Å². The van der Waals surface area contributed by atoms with Gasteiger partial charge in [0.25, 0.3) is 0 Å². The average Bonchev–Trinajstić information content (AvgIpc) is 3.10. The van der Waals surface area contributed by atoms with Crippen LogP contribution in [0.2, 0.25) is 5.02 Å². The van der Waals surface area contributed by atoms with Crippen molar-refractivity contribution in [3.05, 3.63) is 70.5 Å². The highest BCUT2D eigenvalue weighted by Crippen LogP contribution is 2.37. The van der Waals surface area contributed by atoms with E-state index in [9.17, 15) is 4.79 Å². The summed E-state index contributed by atoms with van der Waals surface area (Å²) in [6, 6.07) is 15.2. The third-order valence-corrected chi connectivity index (χ3v) is 6.21. The van der Waals surface area contributed by atoms with E-state index in [2.05, 4.69) is 52.1 Å². The number of halogens is 1. The minimum absolute atomic E-state index is 0.110. The average molecular weight is 428 g/mol. The van der Waals surface area contributed by atoms with E-state index in [1.165, 1.54) is 17.3 Å². The van der Waals surface area contributed by atoms with Crippen molar-refractivity contribution in [3.63, 3.8) is 0 Å². The smallest absolute Gasteiger partial charge is 0.240 e. The molecule has 1 amide bonds. The molecule has 3 aromatic rings. The molecule has 0 saturated heterocycles. The van der Waals surface area contributed by atoms with Crippen molar-refractivity contribution in [2.24, 2.45) is 0 Å². The molecule has 0 saturated carbocycles. The third-order valence-electron chi connectivity index (χ3n) is 4.76. The van der Waals surface area contributed by atoms with Gasteiger partial charge in [0.15, 0.2) is 5.82 Å². The van der Waals surface area contributed by atoms with Crippen LogP contribution in [0.25, 0.3) is 0 Å². The molecular weight excluding hydrogens is 406 g/mol. The molecule has 0 fully saturated rings. The second kappa shape index (κ2) is 8.47. The number of carbonyl (C=O) groups excluding carboxylic acids is 1. The van der Waals surface area contributed by atoms with Crippen LogP contribution in [0, 0.1) is 6.92 Å². The number of aromatic nitrogens is 3. The number of benzene rings is 2. The Hall–Kier alpha value is -2.51. The number of thioether (sulfide) groups is 1. The number of hydrogen-bond acceptors (Lipinski definition) is 5. The molecule has 8 heteroatoms. The first-order valence-electron chi connectivity index (χ1n) is 9.55. The lowest BCUT2D eigenvalue weighted by Gasteiger charge is -2.33. The molecular formula is C21H22ClN5OS. The van der Waals surface area contributed by atoms with E-state index in [0.29, 0.717) is 15.9 Å². The van der Waals surface area contributed by atoms with Crippen LogP contribution in [0.1, 0.15) is 36.3 Å². The Kier molecular flexibility index (Phi) is 5.78. The van der Waals surface area contributed by atoms with Crippen LogP contribution in [0.5, 0.6) is 0 Å². The summed E-state index contributed by atoms with van der Waals surface area (Å²) in [5, 5.41) is 12.4. The van der Waals surface area contributed by atoms with Gasteiger partial charge in [0, 0.05) is 17.1 Å². The highest BCUT2D eigenvalue weighted by atomic mass is 35.5. The number of rotatable bonds is 5. The Morgan fingerprint density at radius 3 is 2.76 bits per heavy atom. The molecule has 1 aliphatic heterocycles. The van der Waals surface area contributed by atoms with Crippen LogP contribution >= 0.6 is 23.4 Å². The molecule has 6 nitrogen and oxygen atoms in total. The molecule has 0 radical (unpaired) electrons. The summed E-state index contributed by atoms with van der Waals surface area (Å²) < 4.78 is 1.92. The molecule has 2 heterocycles. The van der Waals surface area contributed by atoms with Gasteiger partial charge >= 0.3 is 0 Å². The fraction of sp³-hybridized carbons (Fsp3) is 0.286. The first-order chi connectivity index (χ1) is 14.0. The number of aryl methyl sites for hydroxylation is 2. The fourth-order valence-electron chi connectivity index (χ4n) is 3.29. The first-order valence-corrected chi connectivity index (χ1v) is 10.8. The van der Waals surface area contributed by atoms with Gasteiger partial charge in [0.05, 0.1) is 6.04 Å². The van der Waals surface area contributed by atoms with Crippen molar-refractivity contribution in [2.75, 3.05) is 10.7 Å². The Morgan fingerprint density at radius 1 is 1.24 bits per heavy atom. The molecule has 29 heavy (non-hydrogen) atoms. The van der Waals surface area contributed by atoms with Crippen molar-refractivity contribution in [1.29, 1.82) is 0 Å². The van der Waals surface area contributed by atoms with Crippen molar-refractivity contribution in [1.82, 2.24) is 14.9 Å². The topological polar surface area (TPSA) is 71.8 Å². The highest BCUT2D eigenvalue weighted by molar-refractivity contribution is 8.00. The van der Waals surface area contributed by atoms with E-state index in [4.69, 9.17) is 11.6 Å². The predicted molar refractivity (Wildman–Crippen MR) is 117 cm³/mol. The molecule has 1 aliphatic rings. The Bertz CT molecular complexity index is 1020. The van der Waals surface area contributed by atoms with E-state index >= 15 is 0 Å². The largest absolute Gasteiger partial charge is 0.325 e. The summed E-state index contributed by atoms with van der Waals surface area (Å²) >= 11 is 7.49. The standard InChI is InChI=1S/C21H22ClN5OS/c1-3-5-17-24-25-21-27(17)26-18(14-10-8-13(2)9-11-14)19(29-21)20(28)23-16-7-4-6-15(22)12-16/h4,6-12,18-19,26H,3,5H2,1-2H3,(H,23,28)/t18-,19-/m1/s1. The SMILES string of the molecule is CCCc1nnc2n1N[C@H](c1ccc(C)cc1)[C@H](C(=O)Nc1cccc(Cl)c1)S2. The lowest BCUT2D eigenvalue weighted by molar-refractivity contribution is -0.116. The van der Waals surface area contributed by atoms with Gasteiger partial charge in [-0.15, -0.1) is 10.2 Å². The maximum absolute atomic E-state index is 13.2. The highest BCUT2D eigenvalue weighted by Gasteiger charge is 2.37. The number of nitrogens with zero attached hydrogens (tertiary/aromatic N) is 3. The summed E-state index contributed by atoms with van der Waals surface area (Å²) in [4.78, 5) is 13.2. The minimum Gasteiger partial charge on any atom is -0.325 e. The number of amides is 1.